The van der Waals surface area contributed by atoms with E-state index in [1.807, 2.05) is 30.3 Å². The fourth-order valence-electron chi connectivity index (χ4n) is 3.91. The third kappa shape index (κ3) is 3.74. The highest BCUT2D eigenvalue weighted by Crippen LogP contribution is 2.27. The van der Waals surface area contributed by atoms with E-state index in [0.29, 0.717) is 16.8 Å². The number of hydrogen-bond acceptors (Lipinski definition) is 5. The van der Waals surface area contributed by atoms with Gasteiger partial charge < -0.3 is 4.90 Å². The molecule has 0 amide bonds. The van der Waals surface area contributed by atoms with Crippen molar-refractivity contribution >= 4 is 21.6 Å². The Balaban J connectivity index is 1.82. The quantitative estimate of drug-likeness (QED) is 0.659. The number of rotatable bonds is 5. The number of hydrogen-bond donors (Lipinski definition) is 0. The van der Waals surface area contributed by atoms with E-state index in [9.17, 15) is 9.18 Å². The summed E-state index contributed by atoms with van der Waals surface area (Å²) in [7, 11) is 2.13. The smallest absolute Gasteiger partial charge is 0.262 e. The summed E-state index contributed by atoms with van der Waals surface area (Å²) in [5.74, 6) is 0.746. The van der Waals surface area contributed by atoms with Crippen LogP contribution in [0.4, 0.5) is 4.39 Å². The van der Waals surface area contributed by atoms with Gasteiger partial charge in [0.2, 0.25) is 0 Å². The first-order valence-corrected chi connectivity index (χ1v) is 10.5. The predicted octanol–water partition coefficient (Wildman–Crippen LogP) is 3.34. The Labute approximate surface area is 168 Å². The lowest BCUT2D eigenvalue weighted by molar-refractivity contribution is 0.103. The molecule has 0 saturated carbocycles. The molecule has 1 aliphatic rings. The topological polar surface area (TPSA) is 41.4 Å². The lowest BCUT2D eigenvalue weighted by Crippen LogP contribution is -2.47. The van der Waals surface area contributed by atoms with Gasteiger partial charge in [-0.2, -0.15) is 4.39 Å². The van der Waals surface area contributed by atoms with E-state index in [0.717, 1.165) is 55.3 Å². The van der Waals surface area contributed by atoms with Gasteiger partial charge in [0.25, 0.3) is 5.56 Å². The molecule has 0 bridgehead atoms. The Morgan fingerprint density at radius 1 is 1.18 bits per heavy atom. The van der Waals surface area contributed by atoms with Gasteiger partial charge in [0.05, 0.1) is 18.0 Å². The molecule has 2 aromatic heterocycles. The maximum atomic E-state index is 13.9. The standard InChI is InChI=1S/C21H25FN4OS/c1-3-17(25-11-9-24(2)10-12-25)19-23-20-16(13-18(22)28-20)21(27)26(19)14-15-7-5-4-6-8-15/h4-8,13,17H,3,9-12,14H2,1-2H3. The number of thiophene rings is 1. The summed E-state index contributed by atoms with van der Waals surface area (Å²) in [4.78, 5) is 23.3. The number of aromatic nitrogens is 2. The fraction of sp³-hybridized carbons (Fsp3) is 0.429. The van der Waals surface area contributed by atoms with Gasteiger partial charge in [-0.05, 0) is 19.0 Å². The van der Waals surface area contributed by atoms with Crippen LogP contribution in [-0.2, 0) is 6.54 Å². The van der Waals surface area contributed by atoms with Gasteiger partial charge in [-0.25, -0.2) is 4.98 Å². The molecule has 1 atom stereocenters. The van der Waals surface area contributed by atoms with Crippen LogP contribution in [0, 0.1) is 5.13 Å². The molecule has 0 aliphatic carbocycles. The average molecular weight is 401 g/mol. The normalized spacial score (nSPS) is 17.2. The van der Waals surface area contributed by atoms with Crippen molar-refractivity contribution < 1.29 is 4.39 Å². The molecule has 1 unspecified atom stereocenters. The maximum Gasteiger partial charge on any atom is 0.262 e. The van der Waals surface area contributed by atoms with Gasteiger partial charge in [-0.15, -0.1) is 0 Å². The molecule has 4 rings (SSSR count). The first-order chi connectivity index (χ1) is 13.6. The van der Waals surface area contributed by atoms with Crippen LogP contribution in [-0.4, -0.2) is 52.6 Å². The minimum atomic E-state index is -0.365. The molecular weight excluding hydrogens is 375 g/mol. The lowest BCUT2D eigenvalue weighted by Gasteiger charge is -2.37. The van der Waals surface area contributed by atoms with Crippen LogP contribution in [0.1, 0.15) is 30.8 Å². The lowest BCUT2D eigenvalue weighted by atomic mass is 10.1. The minimum Gasteiger partial charge on any atom is -0.304 e. The second-order valence-corrected chi connectivity index (χ2v) is 8.36. The number of nitrogens with zero attached hydrogens (tertiary/aromatic N) is 4. The van der Waals surface area contributed by atoms with Gasteiger partial charge in [0.1, 0.15) is 10.7 Å². The van der Waals surface area contributed by atoms with Crippen molar-refractivity contribution in [2.24, 2.45) is 0 Å². The summed E-state index contributed by atoms with van der Waals surface area (Å²) < 4.78 is 15.6. The summed E-state index contributed by atoms with van der Waals surface area (Å²) in [5.41, 5.74) is 0.882. The third-order valence-electron chi connectivity index (χ3n) is 5.50. The molecule has 7 heteroatoms. The number of likely N-dealkylation sites (N-methyl/N-ethyl adjacent to an activating group) is 1. The van der Waals surface area contributed by atoms with E-state index in [1.165, 1.54) is 6.07 Å². The predicted molar refractivity (Wildman–Crippen MR) is 111 cm³/mol. The molecule has 0 N–H and O–H groups in total. The van der Waals surface area contributed by atoms with Crippen molar-refractivity contribution in [1.29, 1.82) is 0 Å². The van der Waals surface area contributed by atoms with Crippen molar-refractivity contribution in [2.45, 2.75) is 25.9 Å². The summed E-state index contributed by atoms with van der Waals surface area (Å²) in [6.07, 6.45) is 0.851. The summed E-state index contributed by atoms with van der Waals surface area (Å²) in [6.45, 7) is 6.44. The molecule has 0 spiro atoms. The molecule has 3 heterocycles. The Morgan fingerprint density at radius 3 is 2.57 bits per heavy atom. The molecule has 1 fully saturated rings. The molecule has 1 aliphatic heterocycles. The van der Waals surface area contributed by atoms with Crippen molar-refractivity contribution in [3.05, 3.63) is 63.3 Å². The Morgan fingerprint density at radius 2 is 1.89 bits per heavy atom. The van der Waals surface area contributed by atoms with Crippen LogP contribution in [0.25, 0.3) is 10.2 Å². The zero-order valence-corrected chi connectivity index (χ0v) is 17.1. The molecule has 3 aromatic rings. The highest BCUT2D eigenvalue weighted by molar-refractivity contribution is 7.17. The Hall–Kier alpha value is -2.09. The maximum absolute atomic E-state index is 13.9. The highest BCUT2D eigenvalue weighted by Gasteiger charge is 2.27. The largest absolute Gasteiger partial charge is 0.304 e. The zero-order valence-electron chi connectivity index (χ0n) is 16.3. The van der Waals surface area contributed by atoms with Crippen LogP contribution in [0.3, 0.4) is 0 Å². The van der Waals surface area contributed by atoms with Crippen molar-refractivity contribution in [2.75, 3.05) is 33.2 Å². The summed E-state index contributed by atoms with van der Waals surface area (Å²) >= 11 is 0.953. The Kier molecular flexibility index (Phi) is 5.57. The number of piperazine rings is 1. The zero-order chi connectivity index (χ0) is 19.7. The van der Waals surface area contributed by atoms with Gasteiger partial charge in [-0.3, -0.25) is 14.3 Å². The third-order valence-corrected chi connectivity index (χ3v) is 6.31. The summed E-state index contributed by atoms with van der Waals surface area (Å²) in [5, 5.41) is 0.00562. The number of benzene rings is 1. The Bertz CT molecular complexity index is 1010. The molecule has 28 heavy (non-hydrogen) atoms. The van der Waals surface area contributed by atoms with Crippen LogP contribution in [0.5, 0.6) is 0 Å². The first-order valence-electron chi connectivity index (χ1n) is 9.73. The van der Waals surface area contributed by atoms with E-state index in [-0.39, 0.29) is 16.7 Å². The molecule has 1 saturated heterocycles. The van der Waals surface area contributed by atoms with Crippen molar-refractivity contribution in [3.8, 4) is 0 Å². The van der Waals surface area contributed by atoms with E-state index in [4.69, 9.17) is 4.98 Å². The van der Waals surface area contributed by atoms with Crippen LogP contribution in [0.2, 0.25) is 0 Å². The van der Waals surface area contributed by atoms with Crippen LogP contribution < -0.4 is 5.56 Å². The highest BCUT2D eigenvalue weighted by atomic mass is 32.1. The molecule has 1 aromatic carbocycles. The van der Waals surface area contributed by atoms with Crippen LogP contribution >= 0.6 is 11.3 Å². The van der Waals surface area contributed by atoms with Crippen molar-refractivity contribution in [3.63, 3.8) is 0 Å². The first kappa shape index (κ1) is 19.2. The van der Waals surface area contributed by atoms with Crippen molar-refractivity contribution in [1.82, 2.24) is 19.4 Å². The molecular formula is C21H25FN4OS. The molecule has 148 valence electrons. The molecule has 0 radical (unpaired) electrons. The van der Waals surface area contributed by atoms with E-state index >= 15 is 0 Å². The van der Waals surface area contributed by atoms with Crippen LogP contribution in [0.15, 0.2) is 41.2 Å². The van der Waals surface area contributed by atoms with Gasteiger partial charge >= 0.3 is 0 Å². The molecule has 5 nitrogen and oxygen atoms in total. The van der Waals surface area contributed by atoms with Gasteiger partial charge in [0, 0.05) is 32.2 Å². The number of fused-ring (bicyclic) bond motifs is 1. The monoisotopic (exact) mass is 400 g/mol. The van der Waals surface area contributed by atoms with Gasteiger partial charge in [0.15, 0.2) is 5.13 Å². The van der Waals surface area contributed by atoms with Gasteiger partial charge in [-0.1, -0.05) is 48.6 Å². The fourth-order valence-corrected chi connectivity index (χ4v) is 4.67. The van der Waals surface area contributed by atoms with E-state index < -0.39 is 0 Å². The van der Waals surface area contributed by atoms with E-state index in [2.05, 4.69) is 23.8 Å². The summed E-state index contributed by atoms with van der Waals surface area (Å²) in [6, 6.07) is 11.3. The minimum absolute atomic E-state index is 0.0414. The number of halogens is 1. The SMILES string of the molecule is CCC(c1nc2sc(F)cc2c(=O)n1Cc1ccccc1)N1CCN(C)CC1. The second kappa shape index (κ2) is 8.11. The average Bonchev–Trinajstić information content (AvgIpc) is 3.08. The van der Waals surface area contributed by atoms with E-state index in [1.54, 1.807) is 4.57 Å². The second-order valence-electron chi connectivity index (χ2n) is 7.38.